The van der Waals surface area contributed by atoms with E-state index in [-0.39, 0.29) is 9.63 Å². The third-order valence-corrected chi connectivity index (χ3v) is 5.93. The maximum absolute atomic E-state index is 12.7. The summed E-state index contributed by atoms with van der Waals surface area (Å²) in [5, 5.41) is 7.49. The molecule has 2 heterocycles. The van der Waals surface area contributed by atoms with Crippen molar-refractivity contribution in [2.45, 2.75) is 18.1 Å². The van der Waals surface area contributed by atoms with Gasteiger partial charge in [-0.3, -0.25) is 0 Å². The van der Waals surface area contributed by atoms with Crippen LogP contribution >= 0.6 is 15.9 Å². The van der Waals surface area contributed by atoms with Crippen molar-refractivity contribution < 1.29 is 8.42 Å². The van der Waals surface area contributed by atoms with E-state index in [9.17, 15) is 8.42 Å². The lowest BCUT2D eigenvalue weighted by Crippen LogP contribution is -2.27. The lowest BCUT2D eigenvalue weighted by atomic mass is 10.1. The van der Waals surface area contributed by atoms with E-state index < -0.39 is 10.0 Å². The van der Waals surface area contributed by atoms with E-state index in [1.165, 1.54) is 8.99 Å². The van der Waals surface area contributed by atoms with Gasteiger partial charge in [0.05, 0.1) is 0 Å². The predicted octanol–water partition coefficient (Wildman–Crippen LogP) is 0.864. The molecule has 2 N–H and O–H groups in total. The summed E-state index contributed by atoms with van der Waals surface area (Å²) in [6, 6.07) is 5.44. The van der Waals surface area contributed by atoms with Crippen molar-refractivity contribution in [2.24, 2.45) is 7.05 Å². The van der Waals surface area contributed by atoms with Crippen LogP contribution in [0.3, 0.4) is 0 Å². The molecule has 1 aliphatic heterocycles. The van der Waals surface area contributed by atoms with Crippen molar-refractivity contribution in [1.29, 1.82) is 0 Å². The average molecular weight is 358 g/mol. The van der Waals surface area contributed by atoms with Crippen LogP contribution in [-0.4, -0.2) is 27.7 Å². The summed E-state index contributed by atoms with van der Waals surface area (Å²) in [4.78, 5) is 0. The SMILES string of the molecule is Cn1nnc(Br)c1S(=O)(=O)N1Cc2ccc(N)cc2C1. The van der Waals surface area contributed by atoms with Crippen molar-refractivity contribution in [3.8, 4) is 0 Å². The van der Waals surface area contributed by atoms with E-state index in [1.807, 2.05) is 6.07 Å². The van der Waals surface area contributed by atoms with Crippen LogP contribution in [0.5, 0.6) is 0 Å². The van der Waals surface area contributed by atoms with E-state index in [2.05, 4.69) is 26.2 Å². The minimum atomic E-state index is -3.65. The normalized spacial score (nSPS) is 15.5. The first-order valence-corrected chi connectivity index (χ1v) is 8.05. The van der Waals surface area contributed by atoms with Crippen LogP contribution in [0.4, 0.5) is 5.69 Å². The molecular weight excluding hydrogens is 346 g/mol. The molecule has 106 valence electrons. The number of nitrogen functional groups attached to an aromatic ring is 1. The average Bonchev–Trinajstić information content (AvgIpc) is 2.93. The Balaban J connectivity index is 2.00. The highest BCUT2D eigenvalue weighted by molar-refractivity contribution is 9.10. The summed E-state index contributed by atoms with van der Waals surface area (Å²) in [6.07, 6.45) is 0. The number of rotatable bonds is 2. The fourth-order valence-corrected chi connectivity index (χ4v) is 4.70. The molecule has 0 aliphatic carbocycles. The van der Waals surface area contributed by atoms with Crippen LogP contribution in [0.1, 0.15) is 11.1 Å². The maximum atomic E-state index is 12.7. The van der Waals surface area contributed by atoms with Gasteiger partial charge in [0, 0.05) is 25.8 Å². The molecule has 0 saturated carbocycles. The molecule has 2 aromatic rings. The number of hydrogen-bond acceptors (Lipinski definition) is 5. The van der Waals surface area contributed by atoms with Gasteiger partial charge in [-0.2, -0.15) is 4.31 Å². The van der Waals surface area contributed by atoms with Gasteiger partial charge >= 0.3 is 0 Å². The van der Waals surface area contributed by atoms with E-state index >= 15 is 0 Å². The Kier molecular flexibility index (Phi) is 3.07. The number of nitrogens with two attached hydrogens (primary N) is 1. The van der Waals surface area contributed by atoms with Crippen LogP contribution in [0, 0.1) is 0 Å². The number of sulfonamides is 1. The molecule has 3 rings (SSSR count). The highest BCUT2D eigenvalue weighted by Gasteiger charge is 2.34. The Morgan fingerprint density at radius 3 is 2.65 bits per heavy atom. The van der Waals surface area contributed by atoms with Crippen LogP contribution in [0.15, 0.2) is 27.8 Å². The van der Waals surface area contributed by atoms with Crippen LogP contribution in [0.25, 0.3) is 0 Å². The number of nitrogens with zero attached hydrogens (tertiary/aromatic N) is 4. The first-order chi connectivity index (χ1) is 9.39. The highest BCUT2D eigenvalue weighted by Crippen LogP contribution is 2.31. The van der Waals surface area contributed by atoms with Crippen molar-refractivity contribution in [2.75, 3.05) is 5.73 Å². The molecule has 20 heavy (non-hydrogen) atoms. The molecule has 0 atom stereocenters. The summed E-state index contributed by atoms with van der Waals surface area (Å²) in [7, 11) is -2.11. The Morgan fingerprint density at radius 1 is 1.30 bits per heavy atom. The van der Waals surface area contributed by atoms with E-state index in [4.69, 9.17) is 5.73 Å². The van der Waals surface area contributed by atoms with Crippen molar-refractivity contribution >= 4 is 31.6 Å². The van der Waals surface area contributed by atoms with Gasteiger partial charge in [-0.15, -0.1) is 5.10 Å². The van der Waals surface area contributed by atoms with Crippen LogP contribution in [-0.2, 0) is 30.2 Å². The second kappa shape index (κ2) is 4.54. The number of halogens is 1. The van der Waals surface area contributed by atoms with Gasteiger partial charge in [0.2, 0.25) is 5.03 Å². The summed E-state index contributed by atoms with van der Waals surface area (Å²) < 4.78 is 28.2. The zero-order chi connectivity index (χ0) is 14.5. The second-order valence-corrected chi connectivity index (χ2v) is 7.21. The molecule has 9 heteroatoms. The van der Waals surface area contributed by atoms with Crippen molar-refractivity contribution in [3.63, 3.8) is 0 Å². The molecule has 0 fully saturated rings. The van der Waals surface area contributed by atoms with Crippen LogP contribution < -0.4 is 5.73 Å². The van der Waals surface area contributed by atoms with E-state index in [1.54, 1.807) is 19.2 Å². The molecular formula is C11H12BrN5O2S. The monoisotopic (exact) mass is 357 g/mol. The lowest BCUT2D eigenvalue weighted by molar-refractivity contribution is 0.424. The van der Waals surface area contributed by atoms with Crippen molar-refractivity contribution in [1.82, 2.24) is 19.3 Å². The molecule has 1 aliphatic rings. The van der Waals surface area contributed by atoms with Gasteiger partial charge < -0.3 is 5.73 Å². The smallest absolute Gasteiger partial charge is 0.263 e. The highest BCUT2D eigenvalue weighted by atomic mass is 79.9. The molecule has 7 nitrogen and oxygen atoms in total. The van der Waals surface area contributed by atoms with Crippen LogP contribution in [0.2, 0.25) is 0 Å². The van der Waals surface area contributed by atoms with E-state index in [0.29, 0.717) is 18.8 Å². The van der Waals surface area contributed by atoms with Crippen molar-refractivity contribution in [3.05, 3.63) is 33.9 Å². The third-order valence-electron chi connectivity index (χ3n) is 3.25. The number of benzene rings is 1. The first-order valence-electron chi connectivity index (χ1n) is 5.82. The number of aromatic nitrogens is 3. The predicted molar refractivity (Wildman–Crippen MR) is 76.0 cm³/mol. The number of aryl methyl sites for hydroxylation is 1. The maximum Gasteiger partial charge on any atom is 0.263 e. The van der Waals surface area contributed by atoms with Gasteiger partial charge in [0.25, 0.3) is 10.0 Å². The molecule has 1 aromatic carbocycles. The Hall–Kier alpha value is -1.45. The standard InChI is InChI=1S/C11H12BrN5O2S/c1-16-11(10(12)14-15-16)20(18,19)17-5-7-2-3-9(13)4-8(7)6-17/h2-4H,5-6,13H2,1H3. The quantitative estimate of drug-likeness (QED) is 0.804. The second-order valence-electron chi connectivity index (χ2n) is 4.61. The molecule has 0 saturated heterocycles. The topological polar surface area (TPSA) is 94.1 Å². The van der Waals surface area contributed by atoms with Gasteiger partial charge in [0.15, 0.2) is 4.60 Å². The zero-order valence-corrected chi connectivity index (χ0v) is 13.0. The van der Waals surface area contributed by atoms with Gasteiger partial charge in [-0.05, 0) is 39.2 Å². The Bertz CT molecular complexity index is 767. The summed E-state index contributed by atoms with van der Waals surface area (Å²) >= 11 is 3.13. The molecule has 1 aromatic heterocycles. The molecule has 0 amide bonds. The number of fused-ring (bicyclic) bond motifs is 1. The zero-order valence-electron chi connectivity index (χ0n) is 10.6. The van der Waals surface area contributed by atoms with Gasteiger partial charge in [-0.25, -0.2) is 13.1 Å². The fourth-order valence-electron chi connectivity index (χ4n) is 2.27. The Labute approximate surface area is 124 Å². The minimum Gasteiger partial charge on any atom is -0.399 e. The van der Waals surface area contributed by atoms with Gasteiger partial charge in [0.1, 0.15) is 0 Å². The van der Waals surface area contributed by atoms with Gasteiger partial charge in [-0.1, -0.05) is 11.3 Å². The largest absolute Gasteiger partial charge is 0.399 e. The summed E-state index contributed by atoms with van der Waals surface area (Å²) in [6.45, 7) is 0.635. The number of anilines is 1. The fraction of sp³-hybridized carbons (Fsp3) is 0.273. The molecule has 0 spiro atoms. The third kappa shape index (κ3) is 2.02. The lowest BCUT2D eigenvalue weighted by Gasteiger charge is -2.15. The molecule has 0 radical (unpaired) electrons. The van der Waals surface area contributed by atoms with E-state index in [0.717, 1.165) is 11.1 Å². The number of hydrogen-bond donors (Lipinski definition) is 1. The molecule has 0 bridgehead atoms. The minimum absolute atomic E-state index is 0.0540. The molecule has 0 unspecified atom stereocenters. The first kappa shape index (κ1) is 13.5. The summed E-state index contributed by atoms with van der Waals surface area (Å²) in [5.74, 6) is 0. The Morgan fingerprint density at radius 2 is 2.00 bits per heavy atom. The summed E-state index contributed by atoms with van der Waals surface area (Å²) in [5.41, 5.74) is 8.26.